The third-order valence-corrected chi connectivity index (χ3v) is 7.02. The number of aromatic nitrogens is 4. The maximum absolute atomic E-state index is 12.7. The van der Waals surface area contributed by atoms with Gasteiger partial charge in [0.15, 0.2) is 5.82 Å². The fourth-order valence-corrected chi connectivity index (χ4v) is 4.78. The predicted octanol–water partition coefficient (Wildman–Crippen LogP) is 5.14. The first-order valence-corrected chi connectivity index (χ1v) is 11.9. The minimum Gasteiger partial charge on any atom is -0.438 e. The van der Waals surface area contributed by atoms with Crippen LogP contribution in [-0.4, -0.2) is 28.4 Å². The number of halogens is 1. The molecule has 0 saturated carbocycles. The van der Waals surface area contributed by atoms with Gasteiger partial charge in [0.2, 0.25) is 5.88 Å². The van der Waals surface area contributed by atoms with Gasteiger partial charge in [0.25, 0.3) is 10.0 Å². The third-order valence-electron chi connectivity index (χ3n) is 5.26. The molecule has 2 aromatic heterocycles. The number of aryl methyl sites for hydroxylation is 2. The van der Waals surface area contributed by atoms with Gasteiger partial charge in [0.1, 0.15) is 5.75 Å². The molecule has 0 spiro atoms. The molecule has 0 saturated heterocycles. The van der Waals surface area contributed by atoms with Crippen LogP contribution in [-0.2, 0) is 10.0 Å². The Labute approximate surface area is 197 Å². The average molecular weight is 484 g/mol. The second-order valence-corrected chi connectivity index (χ2v) is 9.67. The number of hydrogen-bond donors (Lipinski definition) is 1. The lowest BCUT2D eigenvalue weighted by atomic mass is 10.2. The van der Waals surface area contributed by atoms with Crippen LogP contribution in [0, 0.1) is 27.7 Å². The van der Waals surface area contributed by atoms with Crippen LogP contribution in [0.4, 0.5) is 5.69 Å². The van der Waals surface area contributed by atoms with Gasteiger partial charge in [-0.1, -0.05) is 17.7 Å². The van der Waals surface area contributed by atoms with Crippen molar-refractivity contribution in [2.24, 2.45) is 0 Å². The summed E-state index contributed by atoms with van der Waals surface area (Å²) in [4.78, 5) is 0.128. The molecule has 0 bridgehead atoms. The lowest BCUT2D eigenvalue weighted by Gasteiger charge is -2.11. The van der Waals surface area contributed by atoms with Crippen LogP contribution in [0.15, 0.2) is 59.5 Å². The van der Waals surface area contributed by atoms with Gasteiger partial charge in [-0.15, -0.1) is 10.2 Å². The van der Waals surface area contributed by atoms with Gasteiger partial charge in [0.05, 0.1) is 10.6 Å². The lowest BCUT2D eigenvalue weighted by molar-refractivity contribution is 0.454. The Balaban J connectivity index is 1.46. The van der Waals surface area contributed by atoms with E-state index in [2.05, 4.69) is 20.0 Å². The van der Waals surface area contributed by atoms with Crippen LogP contribution in [0.25, 0.3) is 5.82 Å². The molecule has 2 heterocycles. The number of hydrogen-bond acceptors (Lipinski definition) is 6. The molecular formula is C23H22ClN5O3S. The van der Waals surface area contributed by atoms with E-state index >= 15 is 0 Å². The predicted molar refractivity (Wildman–Crippen MR) is 127 cm³/mol. The number of nitrogens with one attached hydrogen (secondary N) is 1. The zero-order chi connectivity index (χ0) is 23.8. The topological polar surface area (TPSA) is 99.0 Å². The molecule has 0 atom stereocenters. The van der Waals surface area contributed by atoms with Crippen molar-refractivity contribution in [1.29, 1.82) is 0 Å². The molecule has 0 aliphatic rings. The minimum atomic E-state index is -3.78. The molecule has 0 radical (unpaired) electrons. The highest BCUT2D eigenvalue weighted by atomic mass is 35.5. The molecule has 0 amide bonds. The Kier molecular flexibility index (Phi) is 6.09. The van der Waals surface area contributed by atoms with Gasteiger partial charge >= 0.3 is 0 Å². The van der Waals surface area contributed by atoms with Gasteiger partial charge in [-0.2, -0.15) is 5.10 Å². The van der Waals surface area contributed by atoms with Crippen LogP contribution in [0.2, 0.25) is 5.02 Å². The van der Waals surface area contributed by atoms with Crippen LogP contribution >= 0.6 is 11.6 Å². The normalized spacial score (nSPS) is 11.4. The average Bonchev–Trinajstić information content (AvgIpc) is 3.04. The molecular weight excluding hydrogens is 462 g/mol. The van der Waals surface area contributed by atoms with Crippen molar-refractivity contribution in [3.63, 3.8) is 0 Å². The van der Waals surface area contributed by atoms with E-state index in [0.717, 1.165) is 17.0 Å². The summed E-state index contributed by atoms with van der Waals surface area (Å²) >= 11 is 5.96. The van der Waals surface area contributed by atoms with Crippen molar-refractivity contribution >= 4 is 27.3 Å². The molecule has 10 heteroatoms. The van der Waals surface area contributed by atoms with E-state index in [1.54, 1.807) is 60.1 Å². The summed E-state index contributed by atoms with van der Waals surface area (Å²) in [5.41, 5.74) is 4.04. The minimum absolute atomic E-state index is 0.128. The Hall–Kier alpha value is -3.43. The van der Waals surface area contributed by atoms with E-state index in [1.165, 1.54) is 6.07 Å². The second kappa shape index (κ2) is 8.84. The fraction of sp³-hybridized carbons (Fsp3) is 0.174. The summed E-state index contributed by atoms with van der Waals surface area (Å²) in [6.45, 7) is 7.65. The molecule has 0 fully saturated rings. The maximum Gasteiger partial charge on any atom is 0.262 e. The van der Waals surface area contributed by atoms with Gasteiger partial charge in [-0.3, -0.25) is 4.72 Å². The van der Waals surface area contributed by atoms with Crippen LogP contribution in [0.1, 0.15) is 22.5 Å². The monoisotopic (exact) mass is 483 g/mol. The standard InChI is InChI=1S/C23H22ClN5O3S/c1-14-5-6-18(24)13-21(14)33(30,31)28-19-7-9-20(10-8-19)32-23-12-11-22(25-26-23)29-17(4)15(2)16(3)27-29/h5-13,28H,1-4H3. The lowest BCUT2D eigenvalue weighted by Crippen LogP contribution is -2.14. The molecule has 2 aromatic carbocycles. The molecule has 4 rings (SSSR count). The number of rotatable bonds is 6. The van der Waals surface area contributed by atoms with E-state index < -0.39 is 10.0 Å². The summed E-state index contributed by atoms with van der Waals surface area (Å²) in [5.74, 6) is 1.39. The van der Waals surface area contributed by atoms with Crippen LogP contribution < -0.4 is 9.46 Å². The first-order chi connectivity index (χ1) is 15.6. The summed E-state index contributed by atoms with van der Waals surface area (Å²) in [6.07, 6.45) is 0. The van der Waals surface area contributed by atoms with E-state index in [1.807, 2.05) is 20.8 Å². The first-order valence-electron chi connectivity index (χ1n) is 10.1. The number of anilines is 1. The smallest absolute Gasteiger partial charge is 0.262 e. The Morgan fingerprint density at radius 2 is 1.67 bits per heavy atom. The van der Waals surface area contributed by atoms with E-state index in [9.17, 15) is 8.42 Å². The molecule has 1 N–H and O–H groups in total. The van der Waals surface area contributed by atoms with E-state index in [4.69, 9.17) is 16.3 Å². The van der Waals surface area contributed by atoms with Crippen molar-refractivity contribution < 1.29 is 13.2 Å². The van der Waals surface area contributed by atoms with Gasteiger partial charge in [0, 0.05) is 22.5 Å². The number of nitrogens with zero attached hydrogens (tertiary/aromatic N) is 4. The Morgan fingerprint density at radius 1 is 0.939 bits per heavy atom. The molecule has 0 unspecified atom stereocenters. The molecule has 170 valence electrons. The number of ether oxygens (including phenoxy) is 1. The van der Waals surface area contributed by atoms with Crippen molar-refractivity contribution in [3.05, 3.63) is 82.1 Å². The molecule has 4 aromatic rings. The Bertz CT molecular complexity index is 1420. The molecule has 0 aliphatic carbocycles. The summed E-state index contributed by atoms with van der Waals surface area (Å²) in [6, 6.07) is 14.7. The number of sulfonamides is 1. The summed E-state index contributed by atoms with van der Waals surface area (Å²) in [7, 11) is -3.78. The zero-order valence-electron chi connectivity index (χ0n) is 18.5. The number of benzene rings is 2. The zero-order valence-corrected chi connectivity index (χ0v) is 20.1. The van der Waals surface area contributed by atoms with Gasteiger partial charge in [-0.05, 0) is 81.3 Å². The van der Waals surface area contributed by atoms with Crippen molar-refractivity contribution in [3.8, 4) is 17.4 Å². The summed E-state index contributed by atoms with van der Waals surface area (Å²) < 4.78 is 35.5. The second-order valence-electron chi connectivity index (χ2n) is 7.58. The van der Waals surface area contributed by atoms with E-state index in [0.29, 0.717) is 33.7 Å². The molecule has 33 heavy (non-hydrogen) atoms. The van der Waals surface area contributed by atoms with Crippen LogP contribution in [0.5, 0.6) is 11.6 Å². The SMILES string of the molecule is Cc1ccc(Cl)cc1S(=O)(=O)Nc1ccc(Oc2ccc(-n3nc(C)c(C)c3C)nn2)cc1. The van der Waals surface area contributed by atoms with Crippen molar-refractivity contribution in [2.75, 3.05) is 4.72 Å². The molecule has 0 aliphatic heterocycles. The van der Waals surface area contributed by atoms with Crippen molar-refractivity contribution in [2.45, 2.75) is 32.6 Å². The highest BCUT2D eigenvalue weighted by molar-refractivity contribution is 7.92. The third kappa shape index (κ3) is 4.84. The van der Waals surface area contributed by atoms with Crippen LogP contribution in [0.3, 0.4) is 0 Å². The maximum atomic E-state index is 12.7. The Morgan fingerprint density at radius 3 is 2.27 bits per heavy atom. The van der Waals surface area contributed by atoms with E-state index in [-0.39, 0.29) is 4.90 Å². The van der Waals surface area contributed by atoms with Crippen molar-refractivity contribution in [1.82, 2.24) is 20.0 Å². The fourth-order valence-electron chi connectivity index (χ4n) is 3.21. The highest BCUT2D eigenvalue weighted by Gasteiger charge is 2.17. The van der Waals surface area contributed by atoms with Gasteiger partial charge in [-0.25, -0.2) is 13.1 Å². The first kappa shape index (κ1) is 22.8. The highest BCUT2D eigenvalue weighted by Crippen LogP contribution is 2.26. The van der Waals surface area contributed by atoms with Gasteiger partial charge < -0.3 is 4.74 Å². The quantitative estimate of drug-likeness (QED) is 0.407. The molecule has 8 nitrogen and oxygen atoms in total. The summed E-state index contributed by atoms with van der Waals surface area (Å²) in [5, 5.41) is 13.1. The largest absolute Gasteiger partial charge is 0.438 e.